The Balaban J connectivity index is 1.99. The van der Waals surface area contributed by atoms with Crippen LogP contribution in [0.5, 0.6) is 0 Å². The van der Waals surface area contributed by atoms with Crippen molar-refractivity contribution in [2.75, 3.05) is 6.61 Å². The average molecular weight is 227 g/mol. The second-order valence-corrected chi connectivity index (χ2v) is 4.72. The number of rotatable bonds is 2. The van der Waals surface area contributed by atoms with Crippen molar-refractivity contribution >= 4 is 11.8 Å². The Labute approximate surface area is 93.8 Å². The molecule has 1 aliphatic heterocycles. The number of nitrogens with two attached hydrogens (primary N) is 1. The number of nitrogens with one attached hydrogen (secondary N) is 2. The Morgan fingerprint density at radius 2 is 2.44 bits per heavy atom. The first kappa shape index (κ1) is 11.3. The van der Waals surface area contributed by atoms with Crippen LogP contribution in [0.25, 0.3) is 0 Å². The van der Waals surface area contributed by atoms with Crippen LogP contribution < -0.4 is 16.5 Å². The fourth-order valence-corrected chi connectivity index (χ4v) is 2.25. The smallest absolute Gasteiger partial charge is 0.268 e. The van der Waals surface area contributed by atoms with E-state index in [1.807, 2.05) is 6.92 Å². The Morgan fingerprint density at radius 3 is 2.94 bits per heavy atom. The standard InChI is InChI=1S/C10H17N3O3/c1-10(4-2-3-7(10)11)9(15)12-6-5-16-13-8(6)14/h6-7H,2-5,11H2,1H3,(H,12,15)(H,13,14)/t6-,7?,10?/m1/s1. The SMILES string of the molecule is CC1(C(=O)N[C@@H]2CONC2=O)CCCC1N. The highest BCUT2D eigenvalue weighted by atomic mass is 16.7. The summed E-state index contributed by atoms with van der Waals surface area (Å²) in [6, 6.07) is -0.713. The molecule has 1 saturated carbocycles. The summed E-state index contributed by atoms with van der Waals surface area (Å²) in [5, 5.41) is 2.69. The van der Waals surface area contributed by atoms with E-state index in [0.717, 1.165) is 19.3 Å². The molecule has 2 unspecified atom stereocenters. The van der Waals surface area contributed by atoms with Crippen LogP contribution in [-0.4, -0.2) is 30.5 Å². The van der Waals surface area contributed by atoms with Crippen LogP contribution >= 0.6 is 0 Å². The zero-order chi connectivity index (χ0) is 11.8. The molecule has 1 saturated heterocycles. The van der Waals surface area contributed by atoms with Crippen molar-refractivity contribution in [1.82, 2.24) is 10.8 Å². The van der Waals surface area contributed by atoms with Gasteiger partial charge in [0.05, 0.1) is 5.41 Å². The molecule has 0 aromatic heterocycles. The van der Waals surface area contributed by atoms with Crippen LogP contribution in [-0.2, 0) is 14.4 Å². The van der Waals surface area contributed by atoms with E-state index in [4.69, 9.17) is 10.6 Å². The van der Waals surface area contributed by atoms with Gasteiger partial charge in [-0.2, -0.15) is 0 Å². The number of hydroxylamine groups is 1. The van der Waals surface area contributed by atoms with Crippen LogP contribution in [0.4, 0.5) is 0 Å². The lowest BCUT2D eigenvalue weighted by Gasteiger charge is -2.28. The van der Waals surface area contributed by atoms with Gasteiger partial charge in [-0.3, -0.25) is 14.4 Å². The van der Waals surface area contributed by atoms with E-state index in [0.29, 0.717) is 0 Å². The van der Waals surface area contributed by atoms with Crippen LogP contribution in [0.3, 0.4) is 0 Å². The van der Waals surface area contributed by atoms with Crippen LogP contribution in [0, 0.1) is 5.41 Å². The number of carbonyl (C=O) groups is 2. The van der Waals surface area contributed by atoms with E-state index in [2.05, 4.69) is 10.8 Å². The Bertz CT molecular complexity index is 320. The molecule has 6 heteroatoms. The van der Waals surface area contributed by atoms with Crippen molar-refractivity contribution in [3.05, 3.63) is 0 Å². The van der Waals surface area contributed by atoms with Crippen LogP contribution in [0.2, 0.25) is 0 Å². The molecule has 2 fully saturated rings. The lowest BCUT2D eigenvalue weighted by atomic mass is 9.84. The normalized spacial score (nSPS) is 38.5. The first-order valence-corrected chi connectivity index (χ1v) is 5.52. The van der Waals surface area contributed by atoms with Crippen LogP contribution in [0.15, 0.2) is 0 Å². The zero-order valence-electron chi connectivity index (χ0n) is 9.29. The Hall–Kier alpha value is -1.14. The summed E-state index contributed by atoms with van der Waals surface area (Å²) in [4.78, 5) is 28.0. The topological polar surface area (TPSA) is 93.5 Å². The van der Waals surface area contributed by atoms with E-state index >= 15 is 0 Å². The van der Waals surface area contributed by atoms with Gasteiger partial charge in [-0.05, 0) is 19.8 Å². The van der Waals surface area contributed by atoms with Crippen molar-refractivity contribution in [1.29, 1.82) is 0 Å². The Morgan fingerprint density at radius 1 is 1.69 bits per heavy atom. The van der Waals surface area contributed by atoms with Crippen molar-refractivity contribution in [3.8, 4) is 0 Å². The summed E-state index contributed by atoms with van der Waals surface area (Å²) in [7, 11) is 0. The van der Waals surface area contributed by atoms with Crippen molar-refractivity contribution in [3.63, 3.8) is 0 Å². The summed E-state index contributed by atoms with van der Waals surface area (Å²) < 4.78 is 0. The minimum atomic E-state index is -0.586. The molecule has 3 atom stereocenters. The van der Waals surface area contributed by atoms with Gasteiger partial charge >= 0.3 is 0 Å². The van der Waals surface area contributed by atoms with Crippen molar-refractivity contribution in [2.24, 2.45) is 11.1 Å². The summed E-state index contributed by atoms with van der Waals surface area (Å²) in [5.41, 5.74) is 7.58. The first-order valence-electron chi connectivity index (χ1n) is 5.52. The molecule has 2 aliphatic rings. The second-order valence-electron chi connectivity index (χ2n) is 4.72. The molecule has 16 heavy (non-hydrogen) atoms. The van der Waals surface area contributed by atoms with Gasteiger partial charge in [0.2, 0.25) is 5.91 Å². The quantitative estimate of drug-likeness (QED) is 0.567. The van der Waals surface area contributed by atoms with Gasteiger partial charge in [0.25, 0.3) is 5.91 Å². The monoisotopic (exact) mass is 227 g/mol. The maximum Gasteiger partial charge on any atom is 0.268 e. The van der Waals surface area contributed by atoms with E-state index < -0.39 is 11.5 Å². The molecule has 90 valence electrons. The molecular formula is C10H17N3O3. The predicted octanol–water partition coefficient (Wildman–Crippen LogP) is -0.950. The van der Waals surface area contributed by atoms with Crippen molar-refractivity contribution < 1.29 is 14.4 Å². The molecule has 0 bridgehead atoms. The molecule has 2 amide bonds. The van der Waals surface area contributed by atoms with Crippen LogP contribution in [0.1, 0.15) is 26.2 Å². The lowest BCUT2D eigenvalue weighted by Crippen LogP contribution is -2.52. The third kappa shape index (κ3) is 1.78. The minimum Gasteiger partial charge on any atom is -0.342 e. The first-order chi connectivity index (χ1) is 7.54. The Kier molecular flexibility index (Phi) is 2.86. The highest BCUT2D eigenvalue weighted by molar-refractivity contribution is 5.90. The molecule has 0 radical (unpaired) electrons. The van der Waals surface area contributed by atoms with E-state index in [1.54, 1.807) is 0 Å². The molecule has 2 rings (SSSR count). The fourth-order valence-electron chi connectivity index (χ4n) is 2.25. The van der Waals surface area contributed by atoms with Gasteiger partial charge < -0.3 is 11.1 Å². The second kappa shape index (κ2) is 4.03. The van der Waals surface area contributed by atoms with Gasteiger partial charge in [-0.1, -0.05) is 6.42 Å². The number of hydrogen-bond donors (Lipinski definition) is 3. The summed E-state index contributed by atoms with van der Waals surface area (Å²) in [5.74, 6) is -0.452. The summed E-state index contributed by atoms with van der Waals surface area (Å²) in [6.07, 6.45) is 2.59. The zero-order valence-corrected chi connectivity index (χ0v) is 9.29. The summed E-state index contributed by atoms with van der Waals surface area (Å²) in [6.45, 7) is 2.03. The molecule has 6 nitrogen and oxygen atoms in total. The largest absolute Gasteiger partial charge is 0.342 e. The molecule has 0 aromatic rings. The molecule has 1 heterocycles. The van der Waals surface area contributed by atoms with Gasteiger partial charge in [0, 0.05) is 6.04 Å². The third-order valence-electron chi connectivity index (χ3n) is 3.59. The minimum absolute atomic E-state index is 0.127. The van der Waals surface area contributed by atoms with E-state index in [1.165, 1.54) is 0 Å². The molecular weight excluding hydrogens is 210 g/mol. The van der Waals surface area contributed by atoms with Gasteiger partial charge in [-0.15, -0.1) is 0 Å². The maximum absolute atomic E-state index is 12.1. The predicted molar refractivity (Wildman–Crippen MR) is 56.0 cm³/mol. The highest BCUT2D eigenvalue weighted by Crippen LogP contribution is 2.36. The summed E-state index contributed by atoms with van der Waals surface area (Å²) >= 11 is 0. The molecule has 1 aliphatic carbocycles. The molecule has 0 spiro atoms. The lowest BCUT2D eigenvalue weighted by molar-refractivity contribution is -0.134. The highest BCUT2D eigenvalue weighted by Gasteiger charge is 2.44. The number of hydrogen-bond acceptors (Lipinski definition) is 4. The van der Waals surface area contributed by atoms with Crippen molar-refractivity contribution in [2.45, 2.75) is 38.3 Å². The third-order valence-corrected chi connectivity index (χ3v) is 3.59. The number of carbonyl (C=O) groups excluding carboxylic acids is 2. The molecule has 4 N–H and O–H groups in total. The van der Waals surface area contributed by atoms with Gasteiger partial charge in [-0.25, -0.2) is 5.48 Å². The van der Waals surface area contributed by atoms with Gasteiger partial charge in [0.1, 0.15) is 12.6 Å². The van der Waals surface area contributed by atoms with Gasteiger partial charge in [0.15, 0.2) is 0 Å². The number of amides is 2. The molecule has 0 aromatic carbocycles. The fraction of sp³-hybridized carbons (Fsp3) is 0.800. The maximum atomic E-state index is 12.1. The van der Waals surface area contributed by atoms with E-state index in [-0.39, 0.29) is 24.5 Å². The average Bonchev–Trinajstić information content (AvgIpc) is 2.77. The van der Waals surface area contributed by atoms with E-state index in [9.17, 15) is 9.59 Å².